The van der Waals surface area contributed by atoms with Crippen molar-refractivity contribution in [3.05, 3.63) is 27.3 Å². The van der Waals surface area contributed by atoms with Crippen molar-refractivity contribution < 1.29 is 10.2 Å². The third kappa shape index (κ3) is 2.64. The summed E-state index contributed by atoms with van der Waals surface area (Å²) in [4.78, 5) is 0. The summed E-state index contributed by atoms with van der Waals surface area (Å²) < 4.78 is 0.861. The second kappa shape index (κ2) is 4.67. The lowest BCUT2D eigenvalue weighted by molar-refractivity contribution is 0.288. The Kier molecular flexibility index (Phi) is 3.81. The first-order valence-corrected chi connectivity index (χ1v) is 4.90. The van der Waals surface area contributed by atoms with E-state index < -0.39 is 0 Å². The van der Waals surface area contributed by atoms with Gasteiger partial charge in [0.05, 0.1) is 3.57 Å². The van der Waals surface area contributed by atoms with E-state index in [1.807, 2.05) is 12.1 Å². The molecule has 3 heteroatoms. The minimum atomic E-state index is 0.201. The van der Waals surface area contributed by atoms with Gasteiger partial charge >= 0.3 is 0 Å². The molecule has 0 atom stereocenters. The molecule has 12 heavy (non-hydrogen) atoms. The van der Waals surface area contributed by atoms with E-state index >= 15 is 0 Å². The van der Waals surface area contributed by atoms with Gasteiger partial charge in [-0.3, -0.25) is 0 Å². The number of phenols is 1. The average Bonchev–Trinajstić information content (AvgIpc) is 2.07. The monoisotopic (exact) mass is 278 g/mol. The molecule has 0 aliphatic rings. The Bertz CT molecular complexity index is 261. The highest BCUT2D eigenvalue weighted by molar-refractivity contribution is 14.1. The van der Waals surface area contributed by atoms with Gasteiger partial charge in [0.15, 0.2) is 0 Å². The summed E-state index contributed by atoms with van der Waals surface area (Å²) in [6, 6.07) is 5.59. The number of aryl methyl sites for hydroxylation is 1. The molecule has 0 bridgehead atoms. The van der Waals surface area contributed by atoms with Gasteiger partial charge in [0.1, 0.15) is 5.75 Å². The number of aromatic hydroxyl groups is 1. The first-order chi connectivity index (χ1) is 5.74. The van der Waals surface area contributed by atoms with Crippen LogP contribution in [0.1, 0.15) is 12.0 Å². The van der Waals surface area contributed by atoms with Crippen molar-refractivity contribution in [2.24, 2.45) is 0 Å². The lowest BCUT2D eigenvalue weighted by atomic mass is 10.1. The lowest BCUT2D eigenvalue weighted by Gasteiger charge is -2.01. The van der Waals surface area contributed by atoms with Crippen molar-refractivity contribution in [1.29, 1.82) is 0 Å². The SMILES string of the molecule is OCCCc1ccc(I)c(O)c1. The molecule has 0 saturated carbocycles. The first kappa shape index (κ1) is 9.80. The second-order valence-electron chi connectivity index (χ2n) is 2.61. The molecule has 66 valence electrons. The van der Waals surface area contributed by atoms with Crippen molar-refractivity contribution in [2.45, 2.75) is 12.8 Å². The molecule has 0 fully saturated rings. The predicted octanol–water partition coefficient (Wildman–Crippen LogP) is 1.92. The van der Waals surface area contributed by atoms with Crippen molar-refractivity contribution in [2.75, 3.05) is 6.61 Å². The molecule has 1 aromatic carbocycles. The largest absolute Gasteiger partial charge is 0.507 e. The number of hydrogen-bond donors (Lipinski definition) is 2. The Morgan fingerprint density at radius 1 is 1.33 bits per heavy atom. The maximum atomic E-state index is 9.33. The van der Waals surface area contributed by atoms with E-state index in [4.69, 9.17) is 5.11 Å². The number of benzene rings is 1. The van der Waals surface area contributed by atoms with Gasteiger partial charge in [-0.05, 0) is 53.1 Å². The van der Waals surface area contributed by atoms with Gasteiger partial charge in [0.2, 0.25) is 0 Å². The van der Waals surface area contributed by atoms with Crippen LogP contribution >= 0.6 is 22.6 Å². The topological polar surface area (TPSA) is 40.5 Å². The van der Waals surface area contributed by atoms with E-state index in [1.165, 1.54) is 0 Å². The molecule has 0 saturated heterocycles. The van der Waals surface area contributed by atoms with Crippen LogP contribution in [0.25, 0.3) is 0 Å². The molecule has 0 aliphatic heterocycles. The maximum Gasteiger partial charge on any atom is 0.129 e. The summed E-state index contributed by atoms with van der Waals surface area (Å²) in [6.45, 7) is 0.201. The van der Waals surface area contributed by atoms with Crippen LogP contribution in [0.15, 0.2) is 18.2 Å². The molecule has 2 N–H and O–H groups in total. The zero-order chi connectivity index (χ0) is 8.97. The van der Waals surface area contributed by atoms with Gasteiger partial charge in [-0.15, -0.1) is 0 Å². The van der Waals surface area contributed by atoms with Crippen LogP contribution in [0.5, 0.6) is 5.75 Å². The number of hydrogen-bond acceptors (Lipinski definition) is 2. The van der Waals surface area contributed by atoms with Crippen molar-refractivity contribution in [3.8, 4) is 5.75 Å². The predicted molar refractivity (Wildman–Crippen MR) is 56.2 cm³/mol. The summed E-state index contributed by atoms with van der Waals surface area (Å²) in [6.07, 6.45) is 1.57. The summed E-state index contributed by atoms with van der Waals surface area (Å²) in [5, 5.41) is 17.9. The zero-order valence-corrected chi connectivity index (χ0v) is 8.78. The van der Waals surface area contributed by atoms with Crippen LogP contribution < -0.4 is 0 Å². The molecule has 1 aromatic rings. The first-order valence-electron chi connectivity index (χ1n) is 3.82. The summed E-state index contributed by atoms with van der Waals surface area (Å²) in [5.74, 6) is 0.325. The molecule has 0 aromatic heterocycles. The van der Waals surface area contributed by atoms with E-state index in [0.717, 1.165) is 22.0 Å². The standard InChI is InChI=1S/C9H11IO2/c10-8-4-3-7(2-1-5-11)6-9(8)12/h3-4,6,11-12H,1-2,5H2. The molecule has 2 nitrogen and oxygen atoms in total. The molecule has 0 amide bonds. The minimum absolute atomic E-state index is 0.201. The van der Waals surface area contributed by atoms with E-state index in [9.17, 15) is 5.11 Å². The Balaban J connectivity index is 2.69. The molecular weight excluding hydrogens is 267 g/mol. The summed E-state index contributed by atoms with van der Waals surface area (Å²) in [7, 11) is 0. The second-order valence-corrected chi connectivity index (χ2v) is 3.78. The van der Waals surface area contributed by atoms with Gasteiger partial charge in [-0.25, -0.2) is 0 Å². The summed E-state index contributed by atoms with van der Waals surface area (Å²) >= 11 is 2.08. The number of rotatable bonds is 3. The molecule has 0 radical (unpaired) electrons. The highest BCUT2D eigenvalue weighted by Crippen LogP contribution is 2.20. The number of aliphatic hydroxyl groups excluding tert-OH is 1. The highest BCUT2D eigenvalue weighted by atomic mass is 127. The van der Waals surface area contributed by atoms with Gasteiger partial charge < -0.3 is 10.2 Å². The van der Waals surface area contributed by atoms with Gasteiger partial charge in [-0.2, -0.15) is 0 Å². The third-order valence-corrected chi connectivity index (χ3v) is 2.55. The zero-order valence-electron chi connectivity index (χ0n) is 6.63. The van der Waals surface area contributed by atoms with Gasteiger partial charge in [0.25, 0.3) is 0 Å². The van der Waals surface area contributed by atoms with Crippen LogP contribution in [0, 0.1) is 3.57 Å². The Labute approximate surface area is 85.4 Å². The lowest BCUT2D eigenvalue weighted by Crippen LogP contribution is -1.89. The van der Waals surface area contributed by atoms with Gasteiger partial charge in [-0.1, -0.05) is 6.07 Å². The number of halogens is 1. The quantitative estimate of drug-likeness (QED) is 0.829. The van der Waals surface area contributed by atoms with Crippen molar-refractivity contribution in [1.82, 2.24) is 0 Å². The maximum absolute atomic E-state index is 9.33. The Morgan fingerprint density at radius 3 is 2.67 bits per heavy atom. The minimum Gasteiger partial charge on any atom is -0.507 e. The van der Waals surface area contributed by atoms with Crippen LogP contribution in [0.4, 0.5) is 0 Å². The highest BCUT2D eigenvalue weighted by Gasteiger charge is 1.98. The molecule has 1 rings (SSSR count). The van der Waals surface area contributed by atoms with E-state index in [-0.39, 0.29) is 6.61 Å². The molecule has 0 unspecified atom stereocenters. The number of aliphatic hydroxyl groups is 1. The van der Waals surface area contributed by atoms with E-state index in [1.54, 1.807) is 6.07 Å². The van der Waals surface area contributed by atoms with E-state index in [2.05, 4.69) is 22.6 Å². The van der Waals surface area contributed by atoms with Crippen molar-refractivity contribution >= 4 is 22.6 Å². The Hall–Kier alpha value is -0.290. The summed E-state index contributed by atoms with van der Waals surface area (Å²) in [5.41, 5.74) is 1.07. The van der Waals surface area contributed by atoms with Crippen LogP contribution in [-0.2, 0) is 6.42 Å². The van der Waals surface area contributed by atoms with Crippen molar-refractivity contribution in [3.63, 3.8) is 0 Å². The molecule has 0 spiro atoms. The molecule has 0 heterocycles. The fourth-order valence-electron chi connectivity index (χ4n) is 0.997. The number of phenolic OH excluding ortho intramolecular Hbond substituents is 1. The van der Waals surface area contributed by atoms with Crippen LogP contribution in [0.3, 0.4) is 0 Å². The Morgan fingerprint density at radius 2 is 2.08 bits per heavy atom. The van der Waals surface area contributed by atoms with Gasteiger partial charge in [0, 0.05) is 6.61 Å². The normalized spacial score (nSPS) is 10.2. The van der Waals surface area contributed by atoms with Crippen LogP contribution in [-0.4, -0.2) is 16.8 Å². The molecular formula is C9H11IO2. The third-order valence-electron chi connectivity index (χ3n) is 1.63. The average molecular weight is 278 g/mol. The fraction of sp³-hybridized carbons (Fsp3) is 0.333. The van der Waals surface area contributed by atoms with Crippen LogP contribution in [0.2, 0.25) is 0 Å². The van der Waals surface area contributed by atoms with E-state index in [0.29, 0.717) is 5.75 Å². The smallest absolute Gasteiger partial charge is 0.129 e. The molecule has 0 aliphatic carbocycles. The fourth-order valence-corrected chi connectivity index (χ4v) is 1.33.